The van der Waals surface area contributed by atoms with Crippen LogP contribution in [0.1, 0.15) is 38.3 Å². The zero-order valence-electron chi connectivity index (χ0n) is 15.5. The molecule has 0 spiro atoms. The van der Waals surface area contributed by atoms with Crippen molar-refractivity contribution in [3.63, 3.8) is 0 Å². The minimum atomic E-state index is -0.737. The lowest BCUT2D eigenvalue weighted by molar-refractivity contribution is -0.160. The topological polar surface area (TPSA) is 83.1 Å². The fourth-order valence-electron chi connectivity index (χ4n) is 2.73. The lowest BCUT2D eigenvalue weighted by Crippen LogP contribution is -2.34. The Morgan fingerprint density at radius 3 is 2.77 bits per heavy atom. The molecule has 3 unspecified atom stereocenters. The van der Waals surface area contributed by atoms with Gasteiger partial charge in [0.1, 0.15) is 5.75 Å². The van der Waals surface area contributed by atoms with Gasteiger partial charge in [-0.25, -0.2) is 4.79 Å². The van der Waals surface area contributed by atoms with Gasteiger partial charge in [0.25, 0.3) is 5.91 Å². The Hall–Kier alpha value is -2.12. The number of para-hydroxylation sites is 1. The van der Waals surface area contributed by atoms with E-state index in [0.29, 0.717) is 12.4 Å². The number of ether oxygens (including phenoxy) is 4. The molecule has 1 aliphatic heterocycles. The third-order valence-electron chi connectivity index (χ3n) is 4.22. The van der Waals surface area contributed by atoms with Crippen LogP contribution in [0, 0.1) is 0 Å². The Balaban J connectivity index is 1.72. The van der Waals surface area contributed by atoms with Crippen molar-refractivity contribution in [1.82, 2.24) is 5.32 Å². The van der Waals surface area contributed by atoms with Gasteiger partial charge in [-0.2, -0.15) is 0 Å². The molecule has 1 aromatic rings. The van der Waals surface area contributed by atoms with Gasteiger partial charge in [-0.15, -0.1) is 0 Å². The van der Waals surface area contributed by atoms with E-state index in [2.05, 4.69) is 5.32 Å². The maximum Gasteiger partial charge on any atom is 0.335 e. The minimum Gasteiger partial charge on any atom is -0.496 e. The number of carbonyl (C=O) groups is 2. The van der Waals surface area contributed by atoms with Gasteiger partial charge in [0.15, 0.2) is 12.7 Å². The highest BCUT2D eigenvalue weighted by molar-refractivity contribution is 5.82. The quantitative estimate of drug-likeness (QED) is 0.674. The van der Waals surface area contributed by atoms with E-state index in [9.17, 15) is 9.59 Å². The first-order chi connectivity index (χ1) is 12.5. The summed E-state index contributed by atoms with van der Waals surface area (Å²) in [5, 5.41) is 2.78. The van der Waals surface area contributed by atoms with Gasteiger partial charge >= 0.3 is 5.97 Å². The highest BCUT2D eigenvalue weighted by atomic mass is 16.6. The van der Waals surface area contributed by atoms with Crippen molar-refractivity contribution in [2.24, 2.45) is 0 Å². The Morgan fingerprint density at radius 2 is 2.08 bits per heavy atom. The zero-order valence-corrected chi connectivity index (χ0v) is 15.5. The molecule has 3 atom stereocenters. The molecule has 7 heteroatoms. The highest BCUT2D eigenvalue weighted by Crippen LogP contribution is 2.24. The number of hydrogen-bond donors (Lipinski definition) is 1. The van der Waals surface area contributed by atoms with Crippen LogP contribution in [0.25, 0.3) is 0 Å². The van der Waals surface area contributed by atoms with Crippen molar-refractivity contribution in [3.8, 4) is 5.75 Å². The molecule has 0 aliphatic carbocycles. The Bertz CT molecular complexity index is 599. The Morgan fingerprint density at radius 1 is 1.31 bits per heavy atom. The maximum absolute atomic E-state index is 12.0. The number of methoxy groups -OCH3 is 1. The molecule has 1 fully saturated rings. The van der Waals surface area contributed by atoms with Crippen LogP contribution in [0.2, 0.25) is 0 Å². The van der Waals surface area contributed by atoms with E-state index in [4.69, 9.17) is 18.9 Å². The van der Waals surface area contributed by atoms with Gasteiger partial charge < -0.3 is 24.3 Å². The standard InChI is InChI=1S/C19H27NO6/c1-13(16-8-4-5-9-17(16)23-3)20-18(21)12-26-19(22)14(2)25-11-15-7-6-10-24-15/h4-5,8-9,13-15H,6-7,10-12H2,1-3H3,(H,20,21). The second kappa shape index (κ2) is 10.1. The number of hydrogen-bond acceptors (Lipinski definition) is 6. The number of esters is 1. The Kier molecular flexibility index (Phi) is 7.87. The normalized spacial score (nSPS) is 18.8. The number of carbonyl (C=O) groups excluding carboxylic acids is 2. The van der Waals surface area contributed by atoms with E-state index < -0.39 is 12.1 Å². The van der Waals surface area contributed by atoms with E-state index in [1.165, 1.54) is 0 Å². The molecule has 144 valence electrons. The van der Waals surface area contributed by atoms with Crippen molar-refractivity contribution in [3.05, 3.63) is 29.8 Å². The van der Waals surface area contributed by atoms with Gasteiger partial charge in [-0.05, 0) is 32.8 Å². The van der Waals surface area contributed by atoms with Gasteiger partial charge in [0, 0.05) is 12.2 Å². The minimum absolute atomic E-state index is 0.0373. The first kappa shape index (κ1) is 20.2. The predicted molar refractivity (Wildman–Crippen MR) is 94.9 cm³/mol. The fraction of sp³-hybridized carbons (Fsp3) is 0.579. The smallest absolute Gasteiger partial charge is 0.335 e. The van der Waals surface area contributed by atoms with Crippen LogP contribution in [-0.4, -0.2) is 51.0 Å². The molecule has 0 saturated carbocycles. The number of nitrogens with one attached hydrogen (secondary N) is 1. The molecule has 7 nitrogen and oxygen atoms in total. The molecular formula is C19H27NO6. The molecular weight excluding hydrogens is 338 g/mol. The number of rotatable bonds is 9. The predicted octanol–water partition coefficient (Wildman–Crippen LogP) is 2.00. The van der Waals surface area contributed by atoms with Crippen molar-refractivity contribution in [2.75, 3.05) is 26.9 Å². The van der Waals surface area contributed by atoms with Crippen LogP contribution in [-0.2, 0) is 23.8 Å². The van der Waals surface area contributed by atoms with Crippen LogP contribution in [0.4, 0.5) is 0 Å². The summed E-state index contributed by atoms with van der Waals surface area (Å²) in [5.74, 6) is -0.264. The third kappa shape index (κ3) is 6.00. The highest BCUT2D eigenvalue weighted by Gasteiger charge is 2.22. The van der Waals surface area contributed by atoms with Crippen LogP contribution in [0.15, 0.2) is 24.3 Å². The first-order valence-electron chi connectivity index (χ1n) is 8.83. The van der Waals surface area contributed by atoms with Crippen molar-refractivity contribution in [1.29, 1.82) is 0 Å². The monoisotopic (exact) mass is 365 g/mol. The number of amides is 1. The molecule has 1 heterocycles. The summed E-state index contributed by atoms with van der Waals surface area (Å²) < 4.78 is 21.2. The average molecular weight is 365 g/mol. The molecule has 1 aliphatic rings. The molecule has 1 saturated heterocycles. The lowest BCUT2D eigenvalue weighted by atomic mass is 10.1. The summed E-state index contributed by atoms with van der Waals surface area (Å²) in [5.41, 5.74) is 0.850. The summed E-state index contributed by atoms with van der Waals surface area (Å²) in [6.45, 7) is 4.17. The van der Waals surface area contributed by atoms with E-state index >= 15 is 0 Å². The van der Waals surface area contributed by atoms with Crippen LogP contribution >= 0.6 is 0 Å². The van der Waals surface area contributed by atoms with E-state index in [0.717, 1.165) is 25.0 Å². The van der Waals surface area contributed by atoms with Crippen LogP contribution in [0.5, 0.6) is 5.75 Å². The molecule has 1 N–H and O–H groups in total. The van der Waals surface area contributed by atoms with Gasteiger partial charge in [-0.3, -0.25) is 4.79 Å². The maximum atomic E-state index is 12.0. The molecule has 0 aromatic heterocycles. The van der Waals surface area contributed by atoms with E-state index in [1.54, 1.807) is 14.0 Å². The van der Waals surface area contributed by atoms with Crippen molar-refractivity contribution >= 4 is 11.9 Å². The van der Waals surface area contributed by atoms with Crippen LogP contribution in [0.3, 0.4) is 0 Å². The molecule has 1 aromatic carbocycles. The second-order valence-corrected chi connectivity index (χ2v) is 6.25. The SMILES string of the molecule is COc1ccccc1C(C)NC(=O)COC(=O)C(C)OCC1CCCO1. The summed E-state index contributed by atoms with van der Waals surface area (Å²) in [6, 6.07) is 7.15. The fourth-order valence-corrected chi connectivity index (χ4v) is 2.73. The third-order valence-corrected chi connectivity index (χ3v) is 4.22. The number of benzene rings is 1. The molecule has 1 amide bonds. The first-order valence-corrected chi connectivity index (χ1v) is 8.83. The van der Waals surface area contributed by atoms with E-state index in [-0.39, 0.29) is 24.7 Å². The molecule has 0 bridgehead atoms. The van der Waals surface area contributed by atoms with Crippen molar-refractivity contribution in [2.45, 2.75) is 44.9 Å². The van der Waals surface area contributed by atoms with Gasteiger partial charge in [0.2, 0.25) is 0 Å². The summed E-state index contributed by atoms with van der Waals surface area (Å²) in [4.78, 5) is 24.0. The van der Waals surface area contributed by atoms with Crippen LogP contribution < -0.4 is 10.1 Å². The summed E-state index contributed by atoms with van der Waals surface area (Å²) in [7, 11) is 1.58. The van der Waals surface area contributed by atoms with E-state index in [1.807, 2.05) is 31.2 Å². The van der Waals surface area contributed by atoms with Gasteiger partial charge in [-0.1, -0.05) is 18.2 Å². The Labute approximate surface area is 153 Å². The largest absolute Gasteiger partial charge is 0.496 e. The second-order valence-electron chi connectivity index (χ2n) is 6.25. The molecule has 0 radical (unpaired) electrons. The molecule has 26 heavy (non-hydrogen) atoms. The summed E-state index contributed by atoms with van der Waals surface area (Å²) in [6.07, 6.45) is 1.25. The average Bonchev–Trinajstić information content (AvgIpc) is 3.17. The van der Waals surface area contributed by atoms with Crippen molar-refractivity contribution < 1.29 is 28.5 Å². The van der Waals surface area contributed by atoms with Gasteiger partial charge in [0.05, 0.1) is 25.9 Å². The lowest BCUT2D eigenvalue weighted by Gasteiger charge is -2.18. The summed E-state index contributed by atoms with van der Waals surface area (Å²) >= 11 is 0. The molecule has 2 rings (SSSR count). The zero-order chi connectivity index (χ0) is 18.9.